The molecule has 0 amide bonds. The Labute approximate surface area is 250 Å². The Balaban J connectivity index is 1.28. The molecular weight excluding hydrogens is 568 g/mol. The van der Waals surface area contributed by atoms with Gasteiger partial charge in [0.15, 0.2) is 5.92 Å². The molecule has 10 heteroatoms. The maximum Gasteiger partial charge on any atom is 0.318 e. The number of oxime groups is 1. The minimum atomic E-state index is -1.51. The summed E-state index contributed by atoms with van der Waals surface area (Å²) in [7, 11) is 1.50. The van der Waals surface area contributed by atoms with Crippen molar-refractivity contribution in [2.75, 3.05) is 13.7 Å². The van der Waals surface area contributed by atoms with Crippen molar-refractivity contribution in [3.05, 3.63) is 123 Å². The van der Waals surface area contributed by atoms with Crippen LogP contribution < -0.4 is 9.61 Å². The first kappa shape index (κ1) is 29.3. The summed E-state index contributed by atoms with van der Waals surface area (Å²) in [6.45, 7) is 0.545. The molecule has 1 aromatic heterocycles. The molecule has 0 fully saturated rings. The minimum absolute atomic E-state index is 0.114. The largest absolute Gasteiger partial charge is 0.492 e. The molecule has 5 rings (SSSR count). The van der Waals surface area contributed by atoms with Gasteiger partial charge in [-0.15, -0.1) is 0 Å². The van der Waals surface area contributed by atoms with Gasteiger partial charge in [0, 0.05) is 11.1 Å². The molecule has 4 aromatic carbocycles. The molecular formula is C33H28N2O7S. The highest BCUT2D eigenvalue weighted by Gasteiger charge is 2.25. The van der Waals surface area contributed by atoms with Crippen molar-refractivity contribution >= 4 is 39.2 Å². The molecule has 5 aromatic rings. The number of nitrogens with zero attached hydrogens (tertiary/aromatic N) is 2. The summed E-state index contributed by atoms with van der Waals surface area (Å²) in [4.78, 5) is 40.2. The predicted molar refractivity (Wildman–Crippen MR) is 165 cm³/mol. The van der Waals surface area contributed by atoms with Gasteiger partial charge in [-0.25, -0.2) is 0 Å². The van der Waals surface area contributed by atoms with E-state index in [0.29, 0.717) is 23.6 Å². The summed E-state index contributed by atoms with van der Waals surface area (Å²) in [5.41, 5.74) is 5.92. The number of carboxylic acid groups (broad SMARTS) is 2. The van der Waals surface area contributed by atoms with Gasteiger partial charge in [-0.1, -0.05) is 89.3 Å². The summed E-state index contributed by atoms with van der Waals surface area (Å²) < 4.78 is 8.27. The van der Waals surface area contributed by atoms with Gasteiger partial charge >= 0.3 is 16.8 Å². The van der Waals surface area contributed by atoms with Crippen LogP contribution in [0.2, 0.25) is 0 Å². The van der Waals surface area contributed by atoms with Gasteiger partial charge in [0.25, 0.3) is 0 Å². The zero-order valence-electron chi connectivity index (χ0n) is 23.2. The number of hydrogen-bond acceptors (Lipinski definition) is 7. The lowest BCUT2D eigenvalue weighted by molar-refractivity contribution is -0.154. The highest BCUT2D eigenvalue weighted by Crippen LogP contribution is 2.24. The lowest BCUT2D eigenvalue weighted by atomic mass is 9.99. The molecule has 0 aliphatic heterocycles. The quantitative estimate of drug-likeness (QED) is 0.110. The second kappa shape index (κ2) is 13.2. The molecule has 0 atom stereocenters. The maximum absolute atomic E-state index is 12.9. The number of ether oxygens (including phenoxy) is 1. The molecule has 0 bridgehead atoms. The minimum Gasteiger partial charge on any atom is -0.492 e. The molecule has 0 saturated heterocycles. The fourth-order valence-electron chi connectivity index (χ4n) is 4.73. The lowest BCUT2D eigenvalue weighted by Crippen LogP contribution is -2.25. The van der Waals surface area contributed by atoms with Gasteiger partial charge < -0.3 is 19.8 Å². The van der Waals surface area contributed by atoms with Crippen molar-refractivity contribution in [3.8, 4) is 16.9 Å². The first-order valence-corrected chi connectivity index (χ1v) is 14.2. The standard InChI is InChI=1S/C33H28N2O7S/c1-41-34-30(24-11-9-23(10-12-24)22-5-3-2-4-6-22)25-13-16-28-29(20-25)43-33(40)35(28)17-18-42-26-14-7-21(8-15-26)19-27(31(36)37)32(38)39/h2-16,20,27H,17-19H2,1H3,(H,36,37)(H,38,39). The third kappa shape index (κ3) is 6.82. The SMILES string of the molecule is CON=C(c1ccc(-c2ccccc2)cc1)c1ccc2c(c1)sc(=O)n2CCOc1ccc(CC(C(=O)O)C(=O)O)cc1. The number of aliphatic carboxylic acids is 2. The van der Waals surface area contributed by atoms with Crippen LogP contribution >= 0.6 is 11.3 Å². The number of rotatable bonds is 12. The molecule has 9 nitrogen and oxygen atoms in total. The highest BCUT2D eigenvalue weighted by molar-refractivity contribution is 7.16. The molecule has 0 spiro atoms. The number of fused-ring (bicyclic) bond motifs is 1. The molecule has 0 radical (unpaired) electrons. The van der Waals surface area contributed by atoms with Gasteiger partial charge in [0.2, 0.25) is 0 Å². The molecule has 2 N–H and O–H groups in total. The van der Waals surface area contributed by atoms with Crippen LogP contribution in [0.4, 0.5) is 0 Å². The molecule has 0 aliphatic carbocycles. The average molecular weight is 597 g/mol. The van der Waals surface area contributed by atoms with Crippen LogP contribution in [0.25, 0.3) is 21.3 Å². The van der Waals surface area contributed by atoms with Crippen LogP contribution in [0, 0.1) is 5.92 Å². The van der Waals surface area contributed by atoms with Crippen molar-refractivity contribution in [1.82, 2.24) is 4.57 Å². The Morgan fingerprint density at radius 2 is 1.51 bits per heavy atom. The van der Waals surface area contributed by atoms with E-state index in [1.54, 1.807) is 28.8 Å². The first-order chi connectivity index (χ1) is 20.8. The van der Waals surface area contributed by atoms with Crippen molar-refractivity contribution in [2.24, 2.45) is 11.1 Å². The third-order valence-electron chi connectivity index (χ3n) is 6.93. The van der Waals surface area contributed by atoms with E-state index in [-0.39, 0.29) is 17.9 Å². The third-order valence-corrected chi connectivity index (χ3v) is 7.87. The molecule has 1 heterocycles. The molecule has 0 saturated carbocycles. The highest BCUT2D eigenvalue weighted by atomic mass is 32.1. The van der Waals surface area contributed by atoms with Gasteiger partial charge in [-0.3, -0.25) is 19.0 Å². The van der Waals surface area contributed by atoms with Gasteiger partial charge in [0.05, 0.1) is 16.8 Å². The van der Waals surface area contributed by atoms with E-state index in [1.165, 1.54) is 7.11 Å². The van der Waals surface area contributed by atoms with Crippen LogP contribution in [-0.4, -0.2) is 46.1 Å². The maximum atomic E-state index is 12.9. The Hall–Kier alpha value is -5.22. The van der Waals surface area contributed by atoms with Crippen LogP contribution in [0.3, 0.4) is 0 Å². The van der Waals surface area contributed by atoms with Crippen molar-refractivity contribution < 1.29 is 29.4 Å². The van der Waals surface area contributed by atoms with Crippen LogP contribution in [0.1, 0.15) is 16.7 Å². The number of carboxylic acids is 2. The first-order valence-electron chi connectivity index (χ1n) is 13.4. The smallest absolute Gasteiger partial charge is 0.318 e. The monoisotopic (exact) mass is 596 g/mol. The number of carbonyl (C=O) groups is 2. The van der Waals surface area contributed by atoms with E-state index in [4.69, 9.17) is 19.8 Å². The zero-order valence-corrected chi connectivity index (χ0v) is 24.0. The fourth-order valence-corrected chi connectivity index (χ4v) is 5.69. The summed E-state index contributed by atoms with van der Waals surface area (Å²) >= 11 is 1.14. The fraction of sp³-hybridized carbons (Fsp3) is 0.152. The Morgan fingerprint density at radius 3 is 2.16 bits per heavy atom. The normalized spacial score (nSPS) is 11.5. The van der Waals surface area contributed by atoms with Crippen LogP contribution in [0.5, 0.6) is 5.75 Å². The predicted octanol–water partition coefficient (Wildman–Crippen LogP) is 5.54. The lowest BCUT2D eigenvalue weighted by Gasteiger charge is -2.10. The Bertz CT molecular complexity index is 1810. The second-order valence-electron chi connectivity index (χ2n) is 9.69. The number of aromatic nitrogens is 1. The van der Waals surface area contributed by atoms with E-state index < -0.39 is 17.9 Å². The van der Waals surface area contributed by atoms with Gasteiger partial charge in [0.1, 0.15) is 25.2 Å². The summed E-state index contributed by atoms with van der Waals surface area (Å²) in [5.74, 6) is -3.75. The Morgan fingerprint density at radius 1 is 0.860 bits per heavy atom. The molecule has 218 valence electrons. The van der Waals surface area contributed by atoms with Crippen LogP contribution in [-0.2, 0) is 27.4 Å². The van der Waals surface area contributed by atoms with E-state index in [0.717, 1.165) is 43.8 Å². The topological polar surface area (TPSA) is 127 Å². The second-order valence-corrected chi connectivity index (χ2v) is 10.7. The van der Waals surface area contributed by atoms with Crippen molar-refractivity contribution in [3.63, 3.8) is 0 Å². The van der Waals surface area contributed by atoms with E-state index in [9.17, 15) is 14.4 Å². The number of benzene rings is 4. The van der Waals surface area contributed by atoms with Crippen molar-refractivity contribution in [2.45, 2.75) is 13.0 Å². The number of hydrogen-bond donors (Lipinski definition) is 2. The molecule has 0 unspecified atom stereocenters. The Kier molecular flexibility index (Phi) is 8.97. The van der Waals surface area contributed by atoms with E-state index in [1.807, 2.05) is 60.7 Å². The summed E-state index contributed by atoms with van der Waals surface area (Å²) in [6.07, 6.45) is -0.126. The van der Waals surface area contributed by atoms with E-state index in [2.05, 4.69) is 17.3 Å². The zero-order chi connectivity index (χ0) is 30.3. The number of thiazole rings is 1. The summed E-state index contributed by atoms with van der Waals surface area (Å²) in [6, 6.07) is 30.5. The summed E-state index contributed by atoms with van der Waals surface area (Å²) in [5, 5.41) is 22.5. The average Bonchev–Trinajstić information content (AvgIpc) is 3.33. The van der Waals surface area contributed by atoms with Crippen molar-refractivity contribution in [1.29, 1.82) is 0 Å². The molecule has 43 heavy (non-hydrogen) atoms. The van der Waals surface area contributed by atoms with Gasteiger partial charge in [-0.2, -0.15) is 0 Å². The van der Waals surface area contributed by atoms with Gasteiger partial charge in [-0.05, 0) is 47.4 Å². The molecule has 0 aliphatic rings. The van der Waals surface area contributed by atoms with E-state index >= 15 is 0 Å². The van der Waals surface area contributed by atoms with Crippen LogP contribution in [0.15, 0.2) is 107 Å².